The summed E-state index contributed by atoms with van der Waals surface area (Å²) in [6.45, 7) is 5.47. The standard InChI is InChI=1S/C17H30N2O.ClH/c1-11-6-7-12(2)19(10-11)17(20)15-8-13-4-3-5-14(9-15)16(13)18;/h11-16H,3-10,18H2,1-2H3;1H. The summed E-state index contributed by atoms with van der Waals surface area (Å²) in [5.41, 5.74) is 6.35. The maximum absolute atomic E-state index is 12.9. The largest absolute Gasteiger partial charge is 0.339 e. The summed E-state index contributed by atoms with van der Waals surface area (Å²) in [5, 5.41) is 0. The molecule has 3 rings (SSSR count). The second-order valence-corrected chi connectivity index (χ2v) is 7.72. The number of hydrogen-bond donors (Lipinski definition) is 1. The van der Waals surface area contributed by atoms with E-state index in [-0.39, 0.29) is 18.3 Å². The molecule has 1 amide bonds. The molecule has 2 bridgehead atoms. The van der Waals surface area contributed by atoms with Gasteiger partial charge in [0, 0.05) is 24.5 Å². The Bertz CT molecular complexity index is 362. The van der Waals surface area contributed by atoms with E-state index in [4.69, 9.17) is 5.73 Å². The van der Waals surface area contributed by atoms with Gasteiger partial charge >= 0.3 is 0 Å². The van der Waals surface area contributed by atoms with Crippen LogP contribution in [0.1, 0.15) is 58.8 Å². The van der Waals surface area contributed by atoms with E-state index in [1.165, 1.54) is 32.1 Å². The predicted octanol–water partition coefficient (Wildman–Crippen LogP) is 3.21. The van der Waals surface area contributed by atoms with E-state index >= 15 is 0 Å². The third-order valence-corrected chi connectivity index (χ3v) is 6.16. The van der Waals surface area contributed by atoms with E-state index in [9.17, 15) is 4.79 Å². The molecule has 0 aromatic rings. The molecule has 2 aliphatic carbocycles. The monoisotopic (exact) mass is 314 g/mol. The number of piperidine rings is 1. The number of likely N-dealkylation sites (tertiary alicyclic amines) is 1. The number of carbonyl (C=O) groups excluding carboxylic acids is 1. The molecule has 1 heterocycles. The summed E-state index contributed by atoms with van der Waals surface area (Å²) in [7, 11) is 0. The molecular formula is C17H31ClN2O. The smallest absolute Gasteiger partial charge is 0.225 e. The molecule has 0 aromatic carbocycles. The van der Waals surface area contributed by atoms with Crippen LogP contribution < -0.4 is 5.73 Å². The average Bonchev–Trinajstić information content (AvgIpc) is 2.40. The SMILES string of the molecule is CC1CCC(C)N(C(=O)C2CC3CCCC(C2)C3N)C1.Cl. The van der Waals surface area contributed by atoms with Crippen molar-refractivity contribution in [2.75, 3.05) is 6.54 Å². The second-order valence-electron chi connectivity index (χ2n) is 7.72. The number of nitrogens with zero attached hydrogens (tertiary/aromatic N) is 1. The third kappa shape index (κ3) is 3.39. The summed E-state index contributed by atoms with van der Waals surface area (Å²) in [6, 6.07) is 0.805. The maximum atomic E-state index is 12.9. The topological polar surface area (TPSA) is 46.3 Å². The number of hydrogen-bond acceptors (Lipinski definition) is 2. The number of rotatable bonds is 1. The van der Waals surface area contributed by atoms with E-state index in [0.717, 1.165) is 19.4 Å². The Morgan fingerprint density at radius 1 is 1.05 bits per heavy atom. The van der Waals surface area contributed by atoms with Gasteiger partial charge in [-0.15, -0.1) is 12.4 Å². The fraction of sp³-hybridized carbons (Fsp3) is 0.941. The average molecular weight is 315 g/mol. The van der Waals surface area contributed by atoms with Gasteiger partial charge in [-0.25, -0.2) is 0 Å². The first kappa shape index (κ1) is 17.1. The van der Waals surface area contributed by atoms with Crippen molar-refractivity contribution < 1.29 is 4.79 Å². The fourth-order valence-electron chi connectivity index (χ4n) is 4.82. The number of fused-ring (bicyclic) bond motifs is 2. The lowest BCUT2D eigenvalue weighted by molar-refractivity contribution is -0.143. The third-order valence-electron chi connectivity index (χ3n) is 6.16. The van der Waals surface area contributed by atoms with Crippen molar-refractivity contribution in [2.24, 2.45) is 29.4 Å². The Morgan fingerprint density at radius 2 is 1.67 bits per heavy atom. The molecule has 3 nitrogen and oxygen atoms in total. The van der Waals surface area contributed by atoms with Gasteiger partial charge in [0.2, 0.25) is 5.91 Å². The molecule has 122 valence electrons. The van der Waals surface area contributed by atoms with E-state index in [1.54, 1.807) is 0 Å². The highest BCUT2D eigenvalue weighted by atomic mass is 35.5. The molecule has 0 aromatic heterocycles. The molecule has 3 aliphatic rings. The first-order valence-electron chi connectivity index (χ1n) is 8.62. The molecule has 2 N–H and O–H groups in total. The Kier molecular flexibility index (Phi) is 5.59. The van der Waals surface area contributed by atoms with Crippen molar-refractivity contribution in [3.8, 4) is 0 Å². The van der Waals surface area contributed by atoms with Crippen LogP contribution >= 0.6 is 12.4 Å². The van der Waals surface area contributed by atoms with E-state index in [0.29, 0.717) is 35.7 Å². The van der Waals surface area contributed by atoms with Crippen LogP contribution in [0.15, 0.2) is 0 Å². The summed E-state index contributed by atoms with van der Waals surface area (Å²) in [4.78, 5) is 15.1. The van der Waals surface area contributed by atoms with Crippen molar-refractivity contribution in [3.05, 3.63) is 0 Å². The van der Waals surface area contributed by atoms with Gasteiger partial charge in [-0.1, -0.05) is 13.3 Å². The van der Waals surface area contributed by atoms with Gasteiger partial charge in [-0.3, -0.25) is 4.79 Å². The van der Waals surface area contributed by atoms with Gasteiger partial charge in [-0.05, 0) is 63.2 Å². The predicted molar refractivity (Wildman–Crippen MR) is 88.4 cm³/mol. The highest BCUT2D eigenvalue weighted by Gasteiger charge is 2.42. The van der Waals surface area contributed by atoms with Crippen molar-refractivity contribution in [1.82, 2.24) is 4.90 Å². The summed E-state index contributed by atoms with van der Waals surface area (Å²) in [5.74, 6) is 2.58. The normalized spacial score (nSPS) is 43.1. The van der Waals surface area contributed by atoms with E-state index in [2.05, 4.69) is 18.7 Å². The molecule has 1 aliphatic heterocycles. The zero-order chi connectivity index (χ0) is 14.3. The molecule has 1 saturated heterocycles. The molecule has 4 unspecified atom stereocenters. The molecule has 4 atom stereocenters. The number of nitrogens with two attached hydrogens (primary N) is 1. The molecule has 0 radical (unpaired) electrons. The van der Waals surface area contributed by atoms with Gasteiger partial charge in [0.15, 0.2) is 0 Å². The highest BCUT2D eigenvalue weighted by Crippen LogP contribution is 2.43. The second kappa shape index (κ2) is 6.87. The van der Waals surface area contributed by atoms with E-state index in [1.807, 2.05) is 0 Å². The number of carbonyl (C=O) groups is 1. The Morgan fingerprint density at radius 3 is 2.29 bits per heavy atom. The Labute approximate surface area is 135 Å². The van der Waals surface area contributed by atoms with Crippen molar-refractivity contribution in [1.29, 1.82) is 0 Å². The van der Waals surface area contributed by atoms with Crippen LogP contribution in [0.5, 0.6) is 0 Å². The maximum Gasteiger partial charge on any atom is 0.225 e. The Hall–Kier alpha value is -0.280. The van der Waals surface area contributed by atoms with Gasteiger partial charge in [0.1, 0.15) is 0 Å². The molecule has 3 fully saturated rings. The zero-order valence-corrected chi connectivity index (χ0v) is 14.3. The van der Waals surface area contributed by atoms with Gasteiger partial charge in [-0.2, -0.15) is 0 Å². The van der Waals surface area contributed by atoms with Crippen LogP contribution in [0.3, 0.4) is 0 Å². The summed E-state index contributed by atoms with van der Waals surface area (Å²) < 4.78 is 0. The van der Waals surface area contributed by atoms with E-state index < -0.39 is 0 Å². The quantitative estimate of drug-likeness (QED) is 0.808. The molecule has 2 saturated carbocycles. The van der Waals surface area contributed by atoms with Crippen LogP contribution in [0.25, 0.3) is 0 Å². The number of halogens is 1. The molecule has 21 heavy (non-hydrogen) atoms. The number of amides is 1. The van der Waals surface area contributed by atoms with Crippen LogP contribution in [0.4, 0.5) is 0 Å². The summed E-state index contributed by atoms with van der Waals surface area (Å²) in [6.07, 6.45) is 8.35. The van der Waals surface area contributed by atoms with Crippen molar-refractivity contribution >= 4 is 18.3 Å². The first-order valence-corrected chi connectivity index (χ1v) is 8.62. The van der Waals surface area contributed by atoms with Crippen LogP contribution in [-0.4, -0.2) is 29.4 Å². The molecule has 4 heteroatoms. The van der Waals surface area contributed by atoms with Crippen molar-refractivity contribution in [2.45, 2.75) is 70.9 Å². The Balaban J connectivity index is 0.00000161. The minimum absolute atomic E-state index is 0. The molecular weight excluding hydrogens is 284 g/mol. The lowest BCUT2D eigenvalue weighted by Gasteiger charge is -2.46. The minimum Gasteiger partial charge on any atom is -0.339 e. The van der Waals surface area contributed by atoms with Crippen LogP contribution in [0, 0.1) is 23.7 Å². The zero-order valence-electron chi connectivity index (χ0n) is 13.5. The first-order chi connectivity index (χ1) is 9.56. The fourth-order valence-corrected chi connectivity index (χ4v) is 4.82. The lowest BCUT2D eigenvalue weighted by atomic mass is 9.64. The summed E-state index contributed by atoms with van der Waals surface area (Å²) >= 11 is 0. The van der Waals surface area contributed by atoms with Gasteiger partial charge in [0.25, 0.3) is 0 Å². The lowest BCUT2D eigenvalue weighted by Crippen LogP contribution is -2.52. The highest BCUT2D eigenvalue weighted by molar-refractivity contribution is 5.85. The van der Waals surface area contributed by atoms with Gasteiger partial charge < -0.3 is 10.6 Å². The van der Waals surface area contributed by atoms with Crippen LogP contribution in [0.2, 0.25) is 0 Å². The minimum atomic E-state index is 0. The molecule has 0 spiro atoms. The van der Waals surface area contributed by atoms with Gasteiger partial charge in [0.05, 0.1) is 0 Å². The van der Waals surface area contributed by atoms with Crippen LogP contribution in [-0.2, 0) is 4.79 Å². The van der Waals surface area contributed by atoms with Crippen molar-refractivity contribution in [3.63, 3.8) is 0 Å².